The van der Waals surface area contributed by atoms with Gasteiger partial charge in [0.05, 0.1) is 23.5 Å². The van der Waals surface area contributed by atoms with E-state index in [9.17, 15) is 32.3 Å². The summed E-state index contributed by atoms with van der Waals surface area (Å²) >= 11 is 0. The second-order valence-electron chi connectivity index (χ2n) is 10.6. The van der Waals surface area contributed by atoms with Gasteiger partial charge in [-0.2, -0.15) is 4.31 Å². The summed E-state index contributed by atoms with van der Waals surface area (Å²) < 4.78 is 49.4. The molecule has 0 unspecified atom stereocenters. The van der Waals surface area contributed by atoms with Crippen LogP contribution in [0.1, 0.15) is 55.0 Å². The predicted molar refractivity (Wildman–Crippen MR) is 135 cm³/mol. The van der Waals surface area contributed by atoms with E-state index in [0.717, 1.165) is 12.1 Å². The van der Waals surface area contributed by atoms with Crippen LogP contribution in [0.25, 0.3) is 0 Å². The number of aromatic nitrogens is 2. The van der Waals surface area contributed by atoms with Crippen molar-refractivity contribution in [1.82, 2.24) is 24.5 Å². The lowest BCUT2D eigenvalue weighted by atomic mass is 9.78. The summed E-state index contributed by atoms with van der Waals surface area (Å²) in [4.78, 5) is 41.9. The molecule has 5 rings (SSSR count). The number of sulfonamides is 1. The first-order valence-electron chi connectivity index (χ1n) is 12.7. The highest BCUT2D eigenvalue weighted by Crippen LogP contribution is 2.39. The third-order valence-corrected chi connectivity index (χ3v) is 9.79. The van der Waals surface area contributed by atoms with Gasteiger partial charge >= 0.3 is 0 Å². The summed E-state index contributed by atoms with van der Waals surface area (Å²) in [7, 11) is -4.16. The average Bonchev–Trinajstić information content (AvgIpc) is 3.24. The normalized spacial score (nSPS) is 20.4. The van der Waals surface area contributed by atoms with Crippen LogP contribution in [0.15, 0.2) is 27.9 Å². The number of nitrogens with one attached hydrogen (secondary N) is 2. The fourth-order valence-electron chi connectivity index (χ4n) is 5.49. The van der Waals surface area contributed by atoms with Crippen LogP contribution in [0, 0.1) is 11.2 Å². The predicted octanol–water partition coefficient (Wildman–Crippen LogP) is 0.574. The Labute approximate surface area is 224 Å². The number of fused-ring (bicyclic) bond motifs is 1. The van der Waals surface area contributed by atoms with Gasteiger partial charge in [-0.15, -0.1) is 0 Å². The van der Waals surface area contributed by atoms with Gasteiger partial charge < -0.3 is 20.5 Å². The molecule has 0 radical (unpaired) electrons. The van der Waals surface area contributed by atoms with Gasteiger partial charge in [0.15, 0.2) is 5.69 Å². The SMILES string of the molecule is CC1(C)OCCn2c1nc(C(=O)NCc1ccc(F)cc1S(=O)(=O)N1CCC3(CCNC3=O)CC1)c(O)c2=O. The molecule has 3 N–H and O–H groups in total. The first-order valence-corrected chi connectivity index (χ1v) is 14.1. The van der Waals surface area contributed by atoms with E-state index < -0.39 is 49.8 Å². The number of amides is 2. The third kappa shape index (κ3) is 4.70. The van der Waals surface area contributed by atoms with Gasteiger partial charge in [0.1, 0.15) is 17.2 Å². The lowest BCUT2D eigenvalue weighted by Crippen LogP contribution is -2.46. The number of carbonyl (C=O) groups excluding carboxylic acids is 2. The van der Waals surface area contributed by atoms with Crippen molar-refractivity contribution in [3.8, 4) is 5.75 Å². The fraction of sp³-hybridized carbons (Fsp3) is 0.520. The lowest BCUT2D eigenvalue weighted by Gasteiger charge is -2.36. The zero-order valence-electron chi connectivity index (χ0n) is 21.6. The van der Waals surface area contributed by atoms with E-state index in [1.165, 1.54) is 14.9 Å². The third-order valence-electron chi connectivity index (χ3n) is 7.81. The Kier molecular flexibility index (Phi) is 6.75. The molecule has 39 heavy (non-hydrogen) atoms. The van der Waals surface area contributed by atoms with Crippen molar-refractivity contribution in [3.05, 3.63) is 51.5 Å². The van der Waals surface area contributed by atoms with Crippen LogP contribution < -0.4 is 16.2 Å². The Morgan fingerprint density at radius 3 is 2.59 bits per heavy atom. The van der Waals surface area contributed by atoms with Crippen LogP contribution in [0.2, 0.25) is 0 Å². The summed E-state index contributed by atoms with van der Waals surface area (Å²) in [6.07, 6.45) is 1.37. The zero-order chi connectivity index (χ0) is 28.2. The van der Waals surface area contributed by atoms with Crippen LogP contribution in [0.3, 0.4) is 0 Å². The van der Waals surface area contributed by atoms with Crippen molar-refractivity contribution in [2.45, 2.75) is 56.7 Å². The lowest BCUT2D eigenvalue weighted by molar-refractivity contribution is -0.129. The summed E-state index contributed by atoms with van der Waals surface area (Å²) in [5.74, 6) is -2.40. The van der Waals surface area contributed by atoms with E-state index in [-0.39, 0.29) is 55.0 Å². The molecule has 12 nitrogen and oxygen atoms in total. The summed E-state index contributed by atoms with van der Waals surface area (Å²) in [5.41, 5.74) is -2.75. The van der Waals surface area contributed by atoms with Gasteiger partial charge in [0, 0.05) is 26.2 Å². The van der Waals surface area contributed by atoms with Crippen LogP contribution >= 0.6 is 0 Å². The Hall–Kier alpha value is -3.36. The maximum atomic E-state index is 14.2. The number of nitrogens with zero attached hydrogens (tertiary/aromatic N) is 3. The standard InChI is InChI=1S/C25H30FN5O7S/c1-24(2)22-29-18(19(32)21(34)31(22)11-12-38-24)20(33)28-14-15-3-4-16(26)13-17(15)39(36,37)30-9-6-25(7-10-30)5-8-27-23(25)35/h3-4,13,32H,5-12,14H2,1-2H3,(H,27,35)(H,28,33). The highest BCUT2D eigenvalue weighted by atomic mass is 32.2. The first-order chi connectivity index (χ1) is 18.4. The molecule has 1 spiro atoms. The van der Waals surface area contributed by atoms with Crippen molar-refractivity contribution < 1.29 is 32.2 Å². The summed E-state index contributed by atoms with van der Waals surface area (Å²) in [6, 6.07) is 3.23. The van der Waals surface area contributed by atoms with E-state index in [0.29, 0.717) is 25.8 Å². The number of carbonyl (C=O) groups is 2. The Morgan fingerprint density at radius 1 is 1.21 bits per heavy atom. The number of hydrogen-bond donors (Lipinski definition) is 3. The topological polar surface area (TPSA) is 160 Å². The maximum absolute atomic E-state index is 14.2. The minimum atomic E-state index is -4.16. The molecule has 0 bridgehead atoms. The molecule has 3 aliphatic rings. The van der Waals surface area contributed by atoms with Gasteiger partial charge in [0.2, 0.25) is 21.7 Å². The molecule has 2 saturated heterocycles. The molecule has 0 aliphatic carbocycles. The Balaban J connectivity index is 1.38. The molecule has 2 amide bonds. The van der Waals surface area contributed by atoms with Crippen molar-refractivity contribution in [3.63, 3.8) is 0 Å². The average molecular weight is 564 g/mol. The van der Waals surface area contributed by atoms with E-state index in [1.807, 2.05) is 0 Å². The molecule has 2 aromatic rings. The van der Waals surface area contributed by atoms with Crippen LogP contribution in [0.5, 0.6) is 5.75 Å². The maximum Gasteiger partial charge on any atom is 0.296 e. The number of rotatable bonds is 5. The number of ether oxygens (including phenoxy) is 1. The molecule has 4 heterocycles. The molecule has 2 fully saturated rings. The van der Waals surface area contributed by atoms with Crippen LogP contribution in [0.4, 0.5) is 4.39 Å². The van der Waals surface area contributed by atoms with Gasteiger partial charge in [-0.3, -0.25) is 19.0 Å². The highest BCUT2D eigenvalue weighted by molar-refractivity contribution is 7.89. The van der Waals surface area contributed by atoms with E-state index >= 15 is 0 Å². The second kappa shape index (κ2) is 9.68. The molecule has 1 aromatic carbocycles. The Bertz CT molecular complexity index is 1510. The molecule has 3 aliphatic heterocycles. The number of halogens is 1. The molecule has 0 atom stereocenters. The smallest absolute Gasteiger partial charge is 0.296 e. The molecule has 210 valence electrons. The zero-order valence-corrected chi connectivity index (χ0v) is 22.4. The molecule has 1 aromatic heterocycles. The van der Waals surface area contributed by atoms with Crippen molar-refractivity contribution in [2.24, 2.45) is 5.41 Å². The minimum Gasteiger partial charge on any atom is -0.501 e. The van der Waals surface area contributed by atoms with Gasteiger partial charge in [-0.05, 0) is 50.8 Å². The number of piperidine rings is 1. The van der Waals surface area contributed by atoms with E-state index in [2.05, 4.69) is 15.6 Å². The van der Waals surface area contributed by atoms with Gasteiger partial charge in [0.25, 0.3) is 11.5 Å². The van der Waals surface area contributed by atoms with Crippen molar-refractivity contribution in [2.75, 3.05) is 26.2 Å². The quantitative estimate of drug-likeness (QED) is 0.476. The second-order valence-corrected chi connectivity index (χ2v) is 12.5. The van der Waals surface area contributed by atoms with Crippen molar-refractivity contribution in [1.29, 1.82) is 0 Å². The monoisotopic (exact) mass is 563 g/mol. The number of aromatic hydroxyl groups is 1. The summed E-state index contributed by atoms with van der Waals surface area (Å²) in [6.45, 7) is 4.19. The minimum absolute atomic E-state index is 0.0673. The van der Waals surface area contributed by atoms with Gasteiger partial charge in [-0.1, -0.05) is 6.07 Å². The van der Waals surface area contributed by atoms with Crippen LogP contribution in [-0.2, 0) is 38.2 Å². The van der Waals surface area contributed by atoms with Crippen LogP contribution in [-0.4, -0.2) is 65.4 Å². The fourth-order valence-corrected chi connectivity index (χ4v) is 7.16. The Morgan fingerprint density at radius 2 is 1.92 bits per heavy atom. The molecular formula is C25H30FN5O7S. The van der Waals surface area contributed by atoms with E-state index in [1.54, 1.807) is 13.8 Å². The van der Waals surface area contributed by atoms with Crippen molar-refractivity contribution >= 4 is 21.8 Å². The number of benzene rings is 1. The van der Waals surface area contributed by atoms with E-state index in [4.69, 9.17) is 4.74 Å². The molecule has 0 saturated carbocycles. The largest absolute Gasteiger partial charge is 0.501 e. The molecule has 14 heteroatoms. The highest BCUT2D eigenvalue weighted by Gasteiger charge is 2.46. The summed E-state index contributed by atoms with van der Waals surface area (Å²) in [5, 5.41) is 15.7. The first kappa shape index (κ1) is 27.2. The van der Waals surface area contributed by atoms with Gasteiger partial charge in [-0.25, -0.2) is 17.8 Å². The number of hydrogen-bond acceptors (Lipinski definition) is 8. The molecular weight excluding hydrogens is 533 g/mol.